The number of hydrogen-bond donors (Lipinski definition) is 0. The molecule has 0 fully saturated rings. The molecule has 21 heavy (non-hydrogen) atoms. The normalized spacial score (nSPS) is 12.3. The Kier molecular flexibility index (Phi) is 3.32. The lowest BCUT2D eigenvalue weighted by Crippen LogP contribution is -2.13. The zero-order chi connectivity index (χ0) is 15.4. The summed E-state index contributed by atoms with van der Waals surface area (Å²) < 4.78 is 41.1. The van der Waals surface area contributed by atoms with Gasteiger partial charge in [0.25, 0.3) is 0 Å². The van der Waals surface area contributed by atoms with E-state index in [1.54, 1.807) is 13.0 Å². The Morgan fingerprint density at radius 3 is 2.52 bits per heavy atom. The number of aromatic nitrogens is 3. The fourth-order valence-electron chi connectivity index (χ4n) is 2.00. The predicted molar refractivity (Wildman–Crippen MR) is 78.5 cm³/mol. The topological polar surface area (TPSA) is 30.2 Å². The van der Waals surface area contributed by atoms with Gasteiger partial charge >= 0.3 is 6.18 Å². The second-order valence-electron chi connectivity index (χ2n) is 4.57. The van der Waals surface area contributed by atoms with Crippen LogP contribution in [0.15, 0.2) is 22.7 Å². The van der Waals surface area contributed by atoms with Crippen molar-refractivity contribution in [1.29, 1.82) is 0 Å². The van der Waals surface area contributed by atoms with E-state index in [0.717, 1.165) is 15.5 Å². The molecule has 0 aromatic carbocycles. The lowest BCUT2D eigenvalue weighted by Gasteiger charge is -2.10. The van der Waals surface area contributed by atoms with E-state index in [1.165, 1.54) is 11.3 Å². The van der Waals surface area contributed by atoms with Crippen molar-refractivity contribution in [2.45, 2.75) is 20.0 Å². The minimum Gasteiger partial charge on any atom is -0.226 e. The van der Waals surface area contributed by atoms with Gasteiger partial charge < -0.3 is 0 Å². The number of nitrogens with zero attached hydrogens (tertiary/aromatic N) is 3. The van der Waals surface area contributed by atoms with Crippen molar-refractivity contribution in [3.8, 4) is 10.6 Å². The molecular weight excluding hydrogens is 367 g/mol. The lowest BCUT2D eigenvalue weighted by molar-refractivity contribution is -0.142. The molecule has 3 heterocycles. The molecule has 3 aromatic heterocycles. The SMILES string of the molecule is Cc1ccc(-c2cc(C(F)(F)F)n3nc(C)c(Br)c3n2)s1. The second-order valence-corrected chi connectivity index (χ2v) is 6.65. The van der Waals surface area contributed by atoms with Gasteiger partial charge in [-0.25, -0.2) is 9.50 Å². The van der Waals surface area contributed by atoms with E-state index in [-0.39, 0.29) is 5.65 Å². The predicted octanol–water partition coefficient (Wildman–Crippen LogP) is 4.86. The Hall–Kier alpha value is -1.41. The smallest absolute Gasteiger partial charge is 0.226 e. The maximum Gasteiger partial charge on any atom is 0.433 e. The van der Waals surface area contributed by atoms with Gasteiger partial charge in [-0.1, -0.05) is 0 Å². The van der Waals surface area contributed by atoms with Crippen LogP contribution in [-0.4, -0.2) is 14.6 Å². The summed E-state index contributed by atoms with van der Waals surface area (Å²) in [5.41, 5.74) is 0.103. The first kappa shape index (κ1) is 14.5. The highest BCUT2D eigenvalue weighted by molar-refractivity contribution is 9.10. The Morgan fingerprint density at radius 2 is 1.95 bits per heavy atom. The molecule has 3 nitrogen and oxygen atoms in total. The summed E-state index contributed by atoms with van der Waals surface area (Å²) >= 11 is 4.66. The zero-order valence-electron chi connectivity index (χ0n) is 11.0. The van der Waals surface area contributed by atoms with Crippen LogP contribution < -0.4 is 0 Å². The molecule has 0 saturated carbocycles. The summed E-state index contributed by atoms with van der Waals surface area (Å²) in [5.74, 6) is 0. The summed E-state index contributed by atoms with van der Waals surface area (Å²) in [6, 6.07) is 4.67. The molecule has 3 rings (SSSR count). The van der Waals surface area contributed by atoms with E-state index < -0.39 is 11.9 Å². The Bertz CT molecular complexity index is 835. The monoisotopic (exact) mass is 375 g/mol. The number of halogens is 4. The van der Waals surface area contributed by atoms with Gasteiger partial charge in [0.05, 0.1) is 20.7 Å². The van der Waals surface area contributed by atoms with Gasteiger partial charge in [0.15, 0.2) is 11.3 Å². The molecule has 110 valence electrons. The maximum atomic E-state index is 13.3. The molecule has 0 aliphatic heterocycles. The molecule has 0 spiro atoms. The molecule has 0 aliphatic rings. The van der Waals surface area contributed by atoms with Crippen molar-refractivity contribution in [1.82, 2.24) is 14.6 Å². The van der Waals surface area contributed by atoms with Gasteiger partial charge in [0, 0.05) is 4.88 Å². The summed E-state index contributed by atoms with van der Waals surface area (Å²) in [6.45, 7) is 3.53. The van der Waals surface area contributed by atoms with E-state index in [0.29, 0.717) is 20.7 Å². The molecule has 0 unspecified atom stereocenters. The highest BCUT2D eigenvalue weighted by atomic mass is 79.9. The van der Waals surface area contributed by atoms with Crippen molar-refractivity contribution >= 4 is 32.9 Å². The minimum absolute atomic E-state index is 0.170. The molecule has 0 N–H and O–H groups in total. The molecule has 0 amide bonds. The van der Waals surface area contributed by atoms with Crippen molar-refractivity contribution in [3.63, 3.8) is 0 Å². The lowest BCUT2D eigenvalue weighted by atomic mass is 10.2. The molecule has 0 bridgehead atoms. The summed E-state index contributed by atoms with van der Waals surface area (Å²) in [6.07, 6.45) is -4.50. The molecule has 0 atom stereocenters. The molecule has 0 aliphatic carbocycles. The first-order valence-electron chi connectivity index (χ1n) is 5.97. The third-order valence-corrected chi connectivity index (χ3v) is 4.93. The van der Waals surface area contributed by atoms with Gasteiger partial charge in [-0.3, -0.25) is 0 Å². The van der Waals surface area contributed by atoms with Gasteiger partial charge in [-0.05, 0) is 48.0 Å². The zero-order valence-corrected chi connectivity index (χ0v) is 13.4. The quantitative estimate of drug-likeness (QED) is 0.608. The molecule has 3 aromatic rings. The van der Waals surface area contributed by atoms with Crippen molar-refractivity contribution in [2.24, 2.45) is 0 Å². The highest BCUT2D eigenvalue weighted by Gasteiger charge is 2.36. The van der Waals surface area contributed by atoms with Gasteiger partial charge in [-0.2, -0.15) is 18.3 Å². The summed E-state index contributed by atoms with van der Waals surface area (Å²) in [7, 11) is 0. The first-order chi connectivity index (χ1) is 9.77. The van der Waals surface area contributed by atoms with Crippen LogP contribution in [0.25, 0.3) is 16.2 Å². The van der Waals surface area contributed by atoms with Gasteiger partial charge in [0.2, 0.25) is 0 Å². The number of thiophene rings is 1. The van der Waals surface area contributed by atoms with E-state index >= 15 is 0 Å². The highest BCUT2D eigenvalue weighted by Crippen LogP contribution is 2.35. The molecule has 0 radical (unpaired) electrons. The average molecular weight is 376 g/mol. The third kappa shape index (κ3) is 2.46. The van der Waals surface area contributed by atoms with E-state index in [1.807, 2.05) is 13.0 Å². The standard InChI is InChI=1S/C13H9BrF3N3S/c1-6-3-4-9(21-6)8-5-10(13(15,16)17)20-12(18-8)11(14)7(2)19-20/h3-5H,1-2H3. The fraction of sp³-hybridized carbons (Fsp3) is 0.231. The number of rotatable bonds is 1. The van der Waals surface area contributed by atoms with Crippen LogP contribution in [0.1, 0.15) is 16.3 Å². The number of hydrogen-bond acceptors (Lipinski definition) is 3. The summed E-state index contributed by atoms with van der Waals surface area (Å²) in [4.78, 5) is 6.04. The molecule has 8 heteroatoms. The average Bonchev–Trinajstić information content (AvgIpc) is 2.93. The molecule has 0 saturated heterocycles. The van der Waals surface area contributed by atoms with E-state index in [2.05, 4.69) is 26.0 Å². The second kappa shape index (κ2) is 4.81. The van der Waals surface area contributed by atoms with Gasteiger partial charge in [0.1, 0.15) is 0 Å². The van der Waals surface area contributed by atoms with Crippen LogP contribution in [0.2, 0.25) is 0 Å². The maximum absolute atomic E-state index is 13.3. The first-order valence-corrected chi connectivity index (χ1v) is 7.58. The summed E-state index contributed by atoms with van der Waals surface area (Å²) in [5, 5.41) is 3.91. The molecular formula is C13H9BrF3N3S. The van der Waals surface area contributed by atoms with Crippen LogP contribution in [0.3, 0.4) is 0 Å². The number of alkyl halides is 3. The van der Waals surface area contributed by atoms with Crippen molar-refractivity contribution in [3.05, 3.63) is 38.9 Å². The van der Waals surface area contributed by atoms with E-state index in [4.69, 9.17) is 0 Å². The number of aryl methyl sites for hydroxylation is 2. The van der Waals surface area contributed by atoms with Crippen LogP contribution in [0, 0.1) is 13.8 Å². The van der Waals surface area contributed by atoms with Crippen LogP contribution >= 0.6 is 27.3 Å². The van der Waals surface area contributed by atoms with Crippen molar-refractivity contribution in [2.75, 3.05) is 0 Å². The Morgan fingerprint density at radius 1 is 1.24 bits per heavy atom. The minimum atomic E-state index is -4.50. The third-order valence-electron chi connectivity index (χ3n) is 2.98. The van der Waals surface area contributed by atoms with Gasteiger partial charge in [-0.15, -0.1) is 11.3 Å². The van der Waals surface area contributed by atoms with Crippen molar-refractivity contribution < 1.29 is 13.2 Å². The number of fused-ring (bicyclic) bond motifs is 1. The van der Waals surface area contributed by atoms with E-state index in [9.17, 15) is 13.2 Å². The van der Waals surface area contributed by atoms with Crippen LogP contribution in [0.4, 0.5) is 13.2 Å². The van der Waals surface area contributed by atoms with Crippen LogP contribution in [-0.2, 0) is 6.18 Å². The van der Waals surface area contributed by atoms with Crippen LogP contribution in [0.5, 0.6) is 0 Å². The largest absolute Gasteiger partial charge is 0.433 e. The Labute approximate surface area is 130 Å². The Balaban J connectivity index is 2.35. The fourth-order valence-corrected chi connectivity index (χ4v) is 3.16.